The Morgan fingerprint density at radius 2 is 2.08 bits per heavy atom. The summed E-state index contributed by atoms with van der Waals surface area (Å²) in [4.78, 5) is 2.54. The van der Waals surface area contributed by atoms with Gasteiger partial charge in [-0.25, -0.2) is 0 Å². The first-order valence-corrected chi connectivity index (χ1v) is 6.39. The van der Waals surface area contributed by atoms with Crippen LogP contribution in [-0.4, -0.2) is 42.6 Å². The smallest absolute Gasteiger partial charge is 0.0599 e. The number of rotatable bonds is 5. The van der Waals surface area contributed by atoms with Gasteiger partial charge in [-0.1, -0.05) is 15.9 Å². The highest BCUT2D eigenvalue weighted by molar-refractivity contribution is 9.09. The minimum atomic E-state index is 0.533. The molecule has 1 heterocycles. The fourth-order valence-corrected chi connectivity index (χ4v) is 2.07. The maximum Gasteiger partial charge on any atom is 0.0599 e. The minimum absolute atomic E-state index is 0.533. The Hall–Kier alpha value is 0.400. The molecule has 3 heteroatoms. The Morgan fingerprint density at radius 3 is 2.62 bits per heavy atom. The van der Waals surface area contributed by atoms with E-state index in [1.807, 2.05) is 0 Å². The summed E-state index contributed by atoms with van der Waals surface area (Å²) < 4.78 is 5.60. The van der Waals surface area contributed by atoms with Crippen molar-refractivity contribution in [1.82, 2.24) is 4.90 Å². The highest BCUT2D eigenvalue weighted by Gasteiger charge is 2.18. The van der Waals surface area contributed by atoms with E-state index in [1.165, 1.54) is 38.9 Å². The highest BCUT2D eigenvalue weighted by atomic mass is 79.9. The number of alkyl halides is 1. The largest absolute Gasteiger partial charge is 0.378 e. The summed E-state index contributed by atoms with van der Waals surface area (Å²) in [5, 5.41) is 1.12. The average Bonchev–Trinajstić information content (AvgIpc) is 2.17. The molecule has 1 fully saturated rings. The van der Waals surface area contributed by atoms with Crippen molar-refractivity contribution in [3.8, 4) is 0 Å². The van der Waals surface area contributed by atoms with E-state index < -0.39 is 0 Å². The van der Waals surface area contributed by atoms with Gasteiger partial charge in [-0.05, 0) is 32.7 Å². The summed E-state index contributed by atoms with van der Waals surface area (Å²) >= 11 is 3.46. The SMILES string of the molecule is CCOC1CCN(CCCBr)CC1. The van der Waals surface area contributed by atoms with Crippen molar-refractivity contribution < 1.29 is 4.74 Å². The Labute approximate surface area is 89.8 Å². The fourth-order valence-electron chi connectivity index (χ4n) is 1.82. The quantitative estimate of drug-likeness (QED) is 0.694. The molecule has 0 bridgehead atoms. The molecule has 0 N–H and O–H groups in total. The zero-order valence-electron chi connectivity index (χ0n) is 8.47. The van der Waals surface area contributed by atoms with Gasteiger partial charge >= 0.3 is 0 Å². The maximum absolute atomic E-state index is 5.60. The van der Waals surface area contributed by atoms with Crippen LogP contribution in [0.15, 0.2) is 0 Å². The van der Waals surface area contributed by atoms with Crippen molar-refractivity contribution in [3.63, 3.8) is 0 Å². The first kappa shape index (κ1) is 11.5. The maximum atomic E-state index is 5.60. The summed E-state index contributed by atoms with van der Waals surface area (Å²) in [5.74, 6) is 0. The van der Waals surface area contributed by atoms with Gasteiger partial charge in [0, 0.05) is 25.0 Å². The van der Waals surface area contributed by atoms with E-state index in [2.05, 4.69) is 27.8 Å². The second kappa shape index (κ2) is 6.80. The summed E-state index contributed by atoms with van der Waals surface area (Å²) in [6.07, 6.45) is 4.23. The van der Waals surface area contributed by atoms with Gasteiger partial charge < -0.3 is 9.64 Å². The summed E-state index contributed by atoms with van der Waals surface area (Å²) in [6, 6.07) is 0. The number of piperidine rings is 1. The molecule has 0 spiro atoms. The van der Waals surface area contributed by atoms with Crippen molar-refractivity contribution >= 4 is 15.9 Å². The second-order valence-corrected chi connectivity index (χ2v) is 4.33. The number of ether oxygens (including phenoxy) is 1. The third-order valence-corrected chi connectivity index (χ3v) is 3.11. The number of hydrogen-bond donors (Lipinski definition) is 0. The second-order valence-electron chi connectivity index (χ2n) is 3.54. The molecule has 0 aliphatic carbocycles. The Morgan fingerprint density at radius 1 is 1.38 bits per heavy atom. The van der Waals surface area contributed by atoms with Gasteiger partial charge in [0.1, 0.15) is 0 Å². The van der Waals surface area contributed by atoms with E-state index in [9.17, 15) is 0 Å². The molecule has 1 aliphatic heterocycles. The van der Waals surface area contributed by atoms with E-state index >= 15 is 0 Å². The molecule has 13 heavy (non-hydrogen) atoms. The van der Waals surface area contributed by atoms with Gasteiger partial charge in [0.2, 0.25) is 0 Å². The standard InChI is InChI=1S/C10H20BrNO/c1-2-13-10-4-8-12(9-5-10)7-3-6-11/h10H,2-9H2,1H3. The van der Waals surface area contributed by atoms with Gasteiger partial charge in [0.25, 0.3) is 0 Å². The fraction of sp³-hybridized carbons (Fsp3) is 1.00. The number of halogens is 1. The van der Waals surface area contributed by atoms with E-state index in [4.69, 9.17) is 4.74 Å². The van der Waals surface area contributed by atoms with Crippen LogP contribution in [0.4, 0.5) is 0 Å². The lowest BCUT2D eigenvalue weighted by atomic mass is 10.1. The molecular weight excluding hydrogens is 230 g/mol. The zero-order chi connectivity index (χ0) is 9.52. The van der Waals surface area contributed by atoms with Crippen LogP contribution in [0, 0.1) is 0 Å². The van der Waals surface area contributed by atoms with Crippen molar-refractivity contribution in [3.05, 3.63) is 0 Å². The van der Waals surface area contributed by atoms with Gasteiger partial charge in [0.05, 0.1) is 6.10 Å². The van der Waals surface area contributed by atoms with Crippen LogP contribution >= 0.6 is 15.9 Å². The van der Waals surface area contributed by atoms with Crippen LogP contribution in [0.5, 0.6) is 0 Å². The lowest BCUT2D eigenvalue weighted by molar-refractivity contribution is 0.0144. The molecule has 0 saturated carbocycles. The third kappa shape index (κ3) is 4.43. The van der Waals surface area contributed by atoms with Crippen molar-refractivity contribution in [2.24, 2.45) is 0 Å². The molecule has 0 unspecified atom stereocenters. The number of nitrogens with zero attached hydrogens (tertiary/aromatic N) is 1. The van der Waals surface area contributed by atoms with Gasteiger partial charge in [-0.3, -0.25) is 0 Å². The van der Waals surface area contributed by atoms with Crippen LogP contribution in [-0.2, 0) is 4.74 Å². The van der Waals surface area contributed by atoms with Crippen molar-refractivity contribution in [2.45, 2.75) is 32.3 Å². The molecule has 2 nitrogen and oxygen atoms in total. The Kier molecular flexibility index (Phi) is 6.00. The number of hydrogen-bond acceptors (Lipinski definition) is 2. The summed E-state index contributed by atoms with van der Waals surface area (Å²) in [6.45, 7) is 6.63. The minimum Gasteiger partial charge on any atom is -0.378 e. The molecule has 1 saturated heterocycles. The van der Waals surface area contributed by atoms with E-state index in [1.54, 1.807) is 0 Å². The highest BCUT2D eigenvalue weighted by Crippen LogP contribution is 2.13. The first-order valence-electron chi connectivity index (χ1n) is 5.26. The molecule has 78 valence electrons. The summed E-state index contributed by atoms with van der Waals surface area (Å²) in [7, 11) is 0. The Bertz CT molecular complexity index is 124. The monoisotopic (exact) mass is 249 g/mol. The lowest BCUT2D eigenvalue weighted by Crippen LogP contribution is -2.37. The normalized spacial score (nSPS) is 20.8. The first-order chi connectivity index (χ1) is 6.36. The van der Waals surface area contributed by atoms with E-state index in [0.29, 0.717) is 6.10 Å². The van der Waals surface area contributed by atoms with Crippen LogP contribution < -0.4 is 0 Å². The predicted octanol–water partition coefficient (Wildman–Crippen LogP) is 2.27. The zero-order valence-corrected chi connectivity index (χ0v) is 10.1. The van der Waals surface area contributed by atoms with Gasteiger partial charge in [-0.15, -0.1) is 0 Å². The molecule has 1 aliphatic rings. The van der Waals surface area contributed by atoms with Gasteiger partial charge in [0.15, 0.2) is 0 Å². The molecule has 0 aromatic heterocycles. The summed E-state index contributed by atoms with van der Waals surface area (Å²) in [5.41, 5.74) is 0. The molecule has 0 radical (unpaired) electrons. The molecule has 0 atom stereocenters. The van der Waals surface area contributed by atoms with Crippen LogP contribution in [0.25, 0.3) is 0 Å². The van der Waals surface area contributed by atoms with Crippen molar-refractivity contribution in [1.29, 1.82) is 0 Å². The van der Waals surface area contributed by atoms with E-state index in [-0.39, 0.29) is 0 Å². The number of likely N-dealkylation sites (tertiary alicyclic amines) is 1. The molecular formula is C10H20BrNO. The van der Waals surface area contributed by atoms with Crippen molar-refractivity contribution in [2.75, 3.05) is 31.6 Å². The van der Waals surface area contributed by atoms with Crippen LogP contribution in [0.2, 0.25) is 0 Å². The predicted molar refractivity (Wildman–Crippen MR) is 59.5 cm³/mol. The molecule has 0 aromatic carbocycles. The molecule has 1 rings (SSSR count). The third-order valence-electron chi connectivity index (χ3n) is 2.54. The van der Waals surface area contributed by atoms with E-state index in [0.717, 1.165) is 11.9 Å². The molecule has 0 aromatic rings. The topological polar surface area (TPSA) is 12.5 Å². The molecule has 0 amide bonds. The van der Waals surface area contributed by atoms with Crippen LogP contribution in [0.3, 0.4) is 0 Å². The lowest BCUT2D eigenvalue weighted by Gasteiger charge is -2.31. The van der Waals surface area contributed by atoms with Gasteiger partial charge in [-0.2, -0.15) is 0 Å². The average molecular weight is 250 g/mol. The van der Waals surface area contributed by atoms with Crippen LogP contribution in [0.1, 0.15) is 26.2 Å². The Balaban J connectivity index is 2.08.